The van der Waals surface area contributed by atoms with Gasteiger partial charge in [-0.15, -0.1) is 11.3 Å². The Labute approximate surface area is 182 Å². The summed E-state index contributed by atoms with van der Waals surface area (Å²) in [7, 11) is 0. The summed E-state index contributed by atoms with van der Waals surface area (Å²) in [5, 5.41) is 13.1. The Morgan fingerprint density at radius 2 is 2.19 bits per heavy atom. The van der Waals surface area contributed by atoms with Gasteiger partial charge in [0.05, 0.1) is 32.0 Å². The number of carbonyl (C=O) groups is 2. The van der Waals surface area contributed by atoms with E-state index in [2.05, 4.69) is 10.3 Å². The number of carbonyl (C=O) groups excluding carboxylic acids is 1. The van der Waals surface area contributed by atoms with Gasteiger partial charge < -0.3 is 24.8 Å². The number of thiazole rings is 1. The maximum Gasteiger partial charge on any atom is 0.490 e. The highest BCUT2D eigenvalue weighted by atomic mass is 32.1. The van der Waals surface area contributed by atoms with Crippen molar-refractivity contribution in [2.24, 2.45) is 5.92 Å². The van der Waals surface area contributed by atoms with Crippen molar-refractivity contribution in [2.45, 2.75) is 57.5 Å². The van der Waals surface area contributed by atoms with Gasteiger partial charge in [-0.1, -0.05) is 6.42 Å². The van der Waals surface area contributed by atoms with Gasteiger partial charge in [-0.2, -0.15) is 13.2 Å². The Morgan fingerprint density at radius 1 is 1.48 bits per heavy atom. The summed E-state index contributed by atoms with van der Waals surface area (Å²) >= 11 is 1.61. The summed E-state index contributed by atoms with van der Waals surface area (Å²) in [6, 6.07) is 0.166. The molecule has 0 aromatic carbocycles. The fourth-order valence-electron chi connectivity index (χ4n) is 3.68. The van der Waals surface area contributed by atoms with E-state index in [1.54, 1.807) is 17.5 Å². The first kappa shape index (κ1) is 25.3. The molecule has 1 spiro atoms. The summed E-state index contributed by atoms with van der Waals surface area (Å²) in [4.78, 5) is 27.4. The molecule has 2 amide bonds. The number of alkyl halides is 3. The van der Waals surface area contributed by atoms with Crippen molar-refractivity contribution in [2.75, 3.05) is 26.3 Å². The van der Waals surface area contributed by atoms with Gasteiger partial charge in [-0.25, -0.2) is 14.6 Å². The maximum atomic E-state index is 12.3. The number of hydrogen-bond acceptors (Lipinski definition) is 6. The maximum absolute atomic E-state index is 12.3. The molecule has 31 heavy (non-hydrogen) atoms. The second-order valence-electron chi connectivity index (χ2n) is 7.77. The number of hydrogen-bond donors (Lipinski definition) is 2. The average molecular weight is 468 g/mol. The molecular formula is C19H28F3N3O5S. The third kappa shape index (κ3) is 7.62. The van der Waals surface area contributed by atoms with Gasteiger partial charge in [0.2, 0.25) is 0 Å². The van der Waals surface area contributed by atoms with E-state index in [0.717, 1.165) is 24.3 Å². The van der Waals surface area contributed by atoms with E-state index in [-0.39, 0.29) is 17.7 Å². The number of morpholine rings is 1. The fraction of sp³-hybridized carbons (Fsp3) is 0.737. The van der Waals surface area contributed by atoms with E-state index in [9.17, 15) is 18.0 Å². The lowest BCUT2D eigenvalue weighted by molar-refractivity contribution is -0.192. The van der Waals surface area contributed by atoms with Crippen molar-refractivity contribution in [3.05, 3.63) is 16.6 Å². The molecule has 1 aliphatic carbocycles. The second kappa shape index (κ2) is 11.1. The van der Waals surface area contributed by atoms with Crippen LogP contribution in [0.2, 0.25) is 0 Å². The summed E-state index contributed by atoms with van der Waals surface area (Å²) < 4.78 is 43.8. The molecule has 3 rings (SSSR count). The number of amides is 2. The lowest BCUT2D eigenvalue weighted by atomic mass is 9.89. The quantitative estimate of drug-likeness (QED) is 0.689. The van der Waals surface area contributed by atoms with Crippen LogP contribution in [0.5, 0.6) is 0 Å². The molecule has 2 N–H and O–H groups in total. The normalized spacial score (nSPS) is 23.5. The van der Waals surface area contributed by atoms with Crippen molar-refractivity contribution in [3.63, 3.8) is 0 Å². The first-order chi connectivity index (χ1) is 14.5. The molecule has 2 heterocycles. The molecule has 1 aliphatic heterocycles. The van der Waals surface area contributed by atoms with Gasteiger partial charge in [0.25, 0.3) is 0 Å². The first-order valence-electron chi connectivity index (χ1n) is 9.99. The molecule has 2 fully saturated rings. The summed E-state index contributed by atoms with van der Waals surface area (Å²) in [5.74, 6) is -2.42. The van der Waals surface area contributed by atoms with E-state index < -0.39 is 12.1 Å². The van der Waals surface area contributed by atoms with Gasteiger partial charge in [0.15, 0.2) is 0 Å². The van der Waals surface area contributed by atoms with E-state index in [4.69, 9.17) is 19.4 Å². The molecule has 176 valence electrons. The Morgan fingerprint density at radius 3 is 2.77 bits per heavy atom. The average Bonchev–Trinajstić information content (AvgIpc) is 3.32. The third-order valence-corrected chi connectivity index (χ3v) is 5.83. The Bertz CT molecular complexity index is 717. The van der Waals surface area contributed by atoms with Crippen LogP contribution in [-0.4, -0.2) is 71.1 Å². The van der Waals surface area contributed by atoms with Gasteiger partial charge in [0.1, 0.15) is 5.01 Å². The van der Waals surface area contributed by atoms with Crippen LogP contribution < -0.4 is 5.32 Å². The molecule has 2 aliphatic rings. The molecule has 0 bridgehead atoms. The van der Waals surface area contributed by atoms with Crippen molar-refractivity contribution in [3.8, 4) is 0 Å². The lowest BCUT2D eigenvalue weighted by Gasteiger charge is -2.44. The Hall–Kier alpha value is -1.92. The van der Waals surface area contributed by atoms with Crippen LogP contribution >= 0.6 is 11.3 Å². The number of nitrogens with zero attached hydrogens (tertiary/aromatic N) is 2. The molecule has 0 radical (unpaired) electrons. The highest BCUT2D eigenvalue weighted by Gasteiger charge is 2.48. The molecule has 1 aromatic rings. The van der Waals surface area contributed by atoms with E-state index in [1.807, 2.05) is 24.1 Å². The predicted octanol–water partition coefficient (Wildman–Crippen LogP) is 3.28. The zero-order valence-electron chi connectivity index (χ0n) is 17.5. The number of nitrogens with one attached hydrogen (secondary N) is 1. The summed E-state index contributed by atoms with van der Waals surface area (Å²) in [5.41, 5.74) is -0.241. The second-order valence-corrected chi connectivity index (χ2v) is 8.75. The van der Waals surface area contributed by atoms with E-state index in [1.165, 1.54) is 0 Å². The number of rotatable bonds is 5. The molecule has 1 saturated heterocycles. The minimum absolute atomic E-state index is 0.0158. The van der Waals surface area contributed by atoms with Crippen LogP contribution in [0.4, 0.5) is 18.0 Å². The van der Waals surface area contributed by atoms with Gasteiger partial charge in [-0.3, -0.25) is 0 Å². The first-order valence-corrected chi connectivity index (χ1v) is 10.9. The molecule has 0 unspecified atom stereocenters. The zero-order chi connectivity index (χ0) is 23.1. The van der Waals surface area contributed by atoms with Crippen LogP contribution in [0.15, 0.2) is 11.6 Å². The molecule has 8 nitrogen and oxygen atoms in total. The number of carboxylic acid groups (broad SMARTS) is 1. The minimum atomic E-state index is -5.08. The van der Waals surface area contributed by atoms with E-state index >= 15 is 0 Å². The van der Waals surface area contributed by atoms with E-state index in [0.29, 0.717) is 38.8 Å². The third-order valence-electron chi connectivity index (χ3n) is 5.08. The van der Waals surface area contributed by atoms with Gasteiger partial charge in [0, 0.05) is 30.1 Å². The largest absolute Gasteiger partial charge is 0.490 e. The number of aromatic nitrogens is 1. The summed E-state index contributed by atoms with van der Waals surface area (Å²) in [6.07, 6.45) is -0.0535. The van der Waals surface area contributed by atoms with Gasteiger partial charge >= 0.3 is 18.2 Å². The molecule has 1 aromatic heterocycles. The number of halogens is 3. The molecular weight excluding hydrogens is 439 g/mol. The number of carboxylic acids is 1. The molecule has 1 saturated carbocycles. The van der Waals surface area contributed by atoms with Crippen LogP contribution in [0.3, 0.4) is 0 Å². The van der Waals surface area contributed by atoms with Crippen LogP contribution in [-0.2, 0) is 20.9 Å². The number of urea groups is 1. The Kier molecular flexibility index (Phi) is 9.07. The fourth-order valence-corrected chi connectivity index (χ4v) is 4.23. The SMILES string of the molecule is CC(C)NC(=O)N1CCO[C@]2(CCC[C@H]2COCc2nccs2)C1.O=C(O)C(F)(F)F. The standard InChI is InChI=1S/C17H27N3O3S.C2HF3O2/c1-13(2)19-16(21)20-7-8-23-17(12-20)5-3-4-14(17)10-22-11-15-18-6-9-24-15;3-2(4,5)1(6)7/h6,9,13-14H,3-5,7-8,10-12H2,1-2H3,(H,19,21);(H,6,7)/t14-,17+;/m0./s1. The molecule has 2 atom stereocenters. The monoisotopic (exact) mass is 467 g/mol. The number of ether oxygens (including phenoxy) is 2. The van der Waals surface area contributed by atoms with Crippen LogP contribution in [0.25, 0.3) is 0 Å². The smallest absolute Gasteiger partial charge is 0.475 e. The predicted molar refractivity (Wildman–Crippen MR) is 107 cm³/mol. The van der Waals surface area contributed by atoms with Crippen LogP contribution in [0.1, 0.15) is 38.1 Å². The highest BCUT2D eigenvalue weighted by Crippen LogP contribution is 2.41. The highest BCUT2D eigenvalue weighted by molar-refractivity contribution is 7.09. The minimum Gasteiger partial charge on any atom is -0.475 e. The molecule has 12 heteroatoms. The van der Waals surface area contributed by atoms with Crippen LogP contribution in [0, 0.1) is 5.92 Å². The summed E-state index contributed by atoms with van der Waals surface area (Å²) in [6.45, 7) is 7.12. The van der Waals surface area contributed by atoms with Crippen molar-refractivity contribution in [1.82, 2.24) is 15.2 Å². The van der Waals surface area contributed by atoms with Crippen molar-refractivity contribution < 1.29 is 37.3 Å². The lowest BCUT2D eigenvalue weighted by Crippen LogP contribution is -2.58. The van der Waals surface area contributed by atoms with Gasteiger partial charge in [-0.05, 0) is 26.7 Å². The Balaban J connectivity index is 0.000000423. The number of aliphatic carboxylic acids is 1. The topological polar surface area (TPSA) is 101 Å². The zero-order valence-corrected chi connectivity index (χ0v) is 18.3. The van der Waals surface area contributed by atoms with Crippen molar-refractivity contribution in [1.29, 1.82) is 0 Å². The van der Waals surface area contributed by atoms with Crippen molar-refractivity contribution >= 4 is 23.3 Å².